The van der Waals surface area contributed by atoms with Gasteiger partial charge in [-0.1, -0.05) is 0 Å². The molecule has 9 nitrogen and oxygen atoms in total. The summed E-state index contributed by atoms with van der Waals surface area (Å²) in [6.07, 6.45) is 0.768. The number of ether oxygens (including phenoxy) is 3. The maximum atomic E-state index is 13.6. The van der Waals surface area contributed by atoms with Gasteiger partial charge in [-0.25, -0.2) is 13.6 Å². The van der Waals surface area contributed by atoms with Crippen molar-refractivity contribution in [3.63, 3.8) is 0 Å². The first kappa shape index (κ1) is 23.7. The second-order valence-corrected chi connectivity index (χ2v) is 8.00. The molecule has 34 heavy (non-hydrogen) atoms. The predicted molar refractivity (Wildman–Crippen MR) is 117 cm³/mol. The summed E-state index contributed by atoms with van der Waals surface area (Å²) in [5.41, 5.74) is 0.154. The van der Waals surface area contributed by atoms with E-state index in [0.717, 1.165) is 18.2 Å². The highest BCUT2D eigenvalue weighted by Gasteiger charge is 2.32. The van der Waals surface area contributed by atoms with Crippen LogP contribution in [0, 0.1) is 11.6 Å². The summed E-state index contributed by atoms with van der Waals surface area (Å²) in [4.78, 5) is 24.6. The first-order chi connectivity index (χ1) is 16.4. The number of carbonyl (C=O) groups excluding carboxylic acids is 2. The first-order valence-electron chi connectivity index (χ1n) is 10.9. The normalized spacial score (nSPS) is 21.1. The minimum Gasteiger partial charge on any atom is -0.454 e. The summed E-state index contributed by atoms with van der Waals surface area (Å²) >= 11 is 0. The standard InChI is InChI=1S/C23H25F2N3O6/c24-14-2-4-16(25)18(10-14)28-23(31)26-8-7-15-3-5-17(21(11-29)34-15)27-22(30)13-1-6-19-20(9-13)33-12-32-19/h1-2,4,6,9-10,15,17,21,29H,3,5,7-8,11-12H2,(H,27,30)(H2,26,28,31)/t15-,17+,21+/m0/s1. The van der Waals surface area contributed by atoms with Gasteiger partial charge in [-0.2, -0.15) is 0 Å². The lowest BCUT2D eigenvalue weighted by Crippen LogP contribution is -2.51. The van der Waals surface area contributed by atoms with E-state index in [1.54, 1.807) is 18.2 Å². The minimum atomic E-state index is -0.744. The molecule has 3 amide bonds. The lowest BCUT2D eigenvalue weighted by molar-refractivity contribution is -0.0892. The average Bonchev–Trinajstić information content (AvgIpc) is 3.30. The lowest BCUT2D eigenvalue weighted by Gasteiger charge is -2.36. The van der Waals surface area contributed by atoms with Gasteiger partial charge in [0.25, 0.3) is 5.91 Å². The monoisotopic (exact) mass is 477 g/mol. The molecule has 2 aliphatic heterocycles. The molecule has 0 saturated carbocycles. The Morgan fingerprint density at radius 3 is 2.71 bits per heavy atom. The molecule has 2 heterocycles. The van der Waals surface area contributed by atoms with Gasteiger partial charge < -0.3 is 35.3 Å². The highest BCUT2D eigenvalue weighted by molar-refractivity contribution is 5.95. The number of aliphatic hydroxyl groups excluding tert-OH is 1. The van der Waals surface area contributed by atoms with Crippen molar-refractivity contribution in [1.82, 2.24) is 10.6 Å². The zero-order chi connectivity index (χ0) is 24.1. The largest absolute Gasteiger partial charge is 0.454 e. The molecule has 11 heteroatoms. The number of rotatable bonds is 7. The fourth-order valence-electron chi connectivity index (χ4n) is 3.91. The van der Waals surface area contributed by atoms with Crippen molar-refractivity contribution in [2.45, 2.75) is 37.5 Å². The number of benzene rings is 2. The van der Waals surface area contributed by atoms with Gasteiger partial charge in [0.2, 0.25) is 6.79 Å². The van der Waals surface area contributed by atoms with Gasteiger partial charge >= 0.3 is 6.03 Å². The molecule has 0 bridgehead atoms. The van der Waals surface area contributed by atoms with Crippen molar-refractivity contribution in [3.8, 4) is 11.5 Å². The van der Waals surface area contributed by atoms with E-state index in [9.17, 15) is 23.5 Å². The quantitative estimate of drug-likeness (QED) is 0.487. The number of carbonyl (C=O) groups is 2. The van der Waals surface area contributed by atoms with Crippen molar-refractivity contribution in [2.24, 2.45) is 0 Å². The van der Waals surface area contributed by atoms with Crippen LogP contribution in [0.3, 0.4) is 0 Å². The Hall–Kier alpha value is -3.44. The molecule has 2 aliphatic rings. The fraction of sp³-hybridized carbons (Fsp3) is 0.391. The smallest absolute Gasteiger partial charge is 0.319 e. The number of aliphatic hydroxyl groups is 1. The molecule has 1 fully saturated rings. The average molecular weight is 477 g/mol. The number of hydrogen-bond acceptors (Lipinski definition) is 6. The second-order valence-electron chi connectivity index (χ2n) is 8.00. The number of amides is 3. The van der Waals surface area contributed by atoms with Crippen LogP contribution in [-0.2, 0) is 4.74 Å². The molecule has 0 unspecified atom stereocenters. The van der Waals surface area contributed by atoms with E-state index in [2.05, 4.69) is 16.0 Å². The van der Waals surface area contributed by atoms with E-state index in [1.165, 1.54) is 0 Å². The number of hydrogen-bond donors (Lipinski definition) is 4. The van der Waals surface area contributed by atoms with Crippen LogP contribution < -0.4 is 25.4 Å². The van der Waals surface area contributed by atoms with Gasteiger partial charge in [-0.3, -0.25) is 4.79 Å². The molecule has 0 aliphatic carbocycles. The molecule has 0 spiro atoms. The predicted octanol–water partition coefficient (Wildman–Crippen LogP) is 2.54. The van der Waals surface area contributed by atoms with Crippen LogP contribution in [0.2, 0.25) is 0 Å². The van der Waals surface area contributed by atoms with Gasteiger partial charge in [0.05, 0.1) is 24.4 Å². The number of urea groups is 1. The van der Waals surface area contributed by atoms with Crippen LogP contribution >= 0.6 is 0 Å². The Bertz CT molecular complexity index is 1050. The zero-order valence-electron chi connectivity index (χ0n) is 18.2. The third-order valence-electron chi connectivity index (χ3n) is 5.68. The highest BCUT2D eigenvalue weighted by Crippen LogP contribution is 2.32. The lowest BCUT2D eigenvalue weighted by atomic mass is 9.96. The molecule has 4 N–H and O–H groups in total. The Morgan fingerprint density at radius 1 is 1.06 bits per heavy atom. The fourth-order valence-corrected chi connectivity index (χ4v) is 3.91. The Morgan fingerprint density at radius 2 is 1.88 bits per heavy atom. The molecule has 2 aromatic rings. The number of fused-ring (bicyclic) bond motifs is 1. The van der Waals surface area contributed by atoms with Crippen molar-refractivity contribution >= 4 is 17.6 Å². The summed E-state index contributed by atoms with van der Waals surface area (Å²) in [5.74, 6) is -0.638. The topological polar surface area (TPSA) is 118 Å². The van der Waals surface area contributed by atoms with Crippen molar-refractivity contribution in [1.29, 1.82) is 0 Å². The van der Waals surface area contributed by atoms with E-state index in [4.69, 9.17) is 14.2 Å². The van der Waals surface area contributed by atoms with E-state index in [-0.39, 0.29) is 43.7 Å². The SMILES string of the molecule is O=C(NCC[C@@H]1CC[C@@H](NC(=O)c2ccc3c(c2)OCO3)[C@@H](CO)O1)Nc1cc(F)ccc1F. The van der Waals surface area contributed by atoms with E-state index < -0.39 is 23.8 Å². The number of halogens is 2. The molecule has 0 radical (unpaired) electrons. The third-order valence-corrected chi connectivity index (χ3v) is 5.68. The van der Waals surface area contributed by atoms with Crippen LogP contribution in [0.1, 0.15) is 29.6 Å². The number of nitrogens with one attached hydrogen (secondary N) is 3. The Balaban J connectivity index is 1.23. The van der Waals surface area contributed by atoms with Crippen molar-refractivity contribution in [2.75, 3.05) is 25.3 Å². The maximum Gasteiger partial charge on any atom is 0.319 e. The molecule has 2 aromatic carbocycles. The summed E-state index contributed by atoms with van der Waals surface area (Å²) < 4.78 is 43.3. The van der Waals surface area contributed by atoms with Crippen molar-refractivity contribution in [3.05, 3.63) is 53.6 Å². The summed E-state index contributed by atoms with van der Waals surface area (Å²) in [7, 11) is 0. The highest BCUT2D eigenvalue weighted by atomic mass is 19.1. The van der Waals surface area contributed by atoms with Gasteiger partial charge in [-0.15, -0.1) is 0 Å². The van der Waals surface area contributed by atoms with E-state index >= 15 is 0 Å². The second kappa shape index (κ2) is 10.7. The number of anilines is 1. The van der Waals surface area contributed by atoms with Crippen LogP contribution in [0.25, 0.3) is 0 Å². The van der Waals surface area contributed by atoms with Crippen LogP contribution in [0.4, 0.5) is 19.3 Å². The van der Waals surface area contributed by atoms with Crippen LogP contribution in [0.15, 0.2) is 36.4 Å². The van der Waals surface area contributed by atoms with Crippen molar-refractivity contribution < 1.29 is 37.7 Å². The van der Waals surface area contributed by atoms with E-state index in [1.807, 2.05) is 0 Å². The summed E-state index contributed by atoms with van der Waals surface area (Å²) in [6.45, 7) is 0.0538. The molecular formula is C23H25F2N3O6. The van der Waals surface area contributed by atoms with E-state index in [0.29, 0.717) is 36.3 Å². The van der Waals surface area contributed by atoms with Gasteiger partial charge in [-0.05, 0) is 49.6 Å². The molecule has 3 atom stereocenters. The van der Waals surface area contributed by atoms with Gasteiger partial charge in [0, 0.05) is 18.2 Å². The molecule has 182 valence electrons. The zero-order valence-corrected chi connectivity index (χ0v) is 18.2. The van der Waals surface area contributed by atoms with Gasteiger partial charge in [0.1, 0.15) is 17.7 Å². The molecule has 4 rings (SSSR count). The minimum absolute atomic E-state index is 0.114. The van der Waals surface area contributed by atoms with Crippen LogP contribution in [0.5, 0.6) is 11.5 Å². The first-order valence-corrected chi connectivity index (χ1v) is 10.9. The molecule has 0 aromatic heterocycles. The van der Waals surface area contributed by atoms with Crippen LogP contribution in [-0.4, -0.2) is 55.2 Å². The Labute approximate surface area is 194 Å². The van der Waals surface area contributed by atoms with Gasteiger partial charge in [0.15, 0.2) is 11.5 Å². The summed E-state index contributed by atoms with van der Waals surface area (Å²) in [5, 5.41) is 17.5. The molecule has 1 saturated heterocycles. The third kappa shape index (κ3) is 5.72. The molecular weight excluding hydrogens is 452 g/mol. The summed E-state index contributed by atoms with van der Waals surface area (Å²) in [6, 6.07) is 6.63. The Kier molecular flexibility index (Phi) is 7.43. The maximum absolute atomic E-state index is 13.6.